The first-order valence-electron chi connectivity index (χ1n) is 9.37. The lowest BCUT2D eigenvalue weighted by molar-refractivity contribution is -0.138. The van der Waals surface area contributed by atoms with Crippen molar-refractivity contribution in [3.8, 4) is 16.9 Å². The molecule has 0 radical (unpaired) electrons. The number of carboxylic acid groups (broad SMARTS) is 1. The number of hydrogen-bond donors (Lipinski definition) is 2. The third-order valence-electron chi connectivity index (χ3n) is 4.79. The molecule has 2 aromatic heterocycles. The molecule has 2 N–H and O–H groups in total. The Labute approximate surface area is 164 Å². The lowest BCUT2D eigenvalue weighted by atomic mass is 10.0. The van der Waals surface area contributed by atoms with Crippen LogP contribution in [0.4, 0.5) is 5.82 Å². The summed E-state index contributed by atoms with van der Waals surface area (Å²) in [5, 5.41) is 17.3. The van der Waals surface area contributed by atoms with Crippen LogP contribution in [0.2, 0.25) is 0 Å². The highest BCUT2D eigenvalue weighted by Gasteiger charge is 2.21. The molecule has 7 heteroatoms. The van der Waals surface area contributed by atoms with Gasteiger partial charge >= 0.3 is 5.97 Å². The average Bonchev–Trinajstić information content (AvgIpc) is 2.97. The Kier molecular flexibility index (Phi) is 5.53. The van der Waals surface area contributed by atoms with Gasteiger partial charge in [0.1, 0.15) is 17.6 Å². The first-order chi connectivity index (χ1) is 13.3. The molecule has 0 bridgehead atoms. The van der Waals surface area contributed by atoms with Crippen LogP contribution in [0, 0.1) is 20.8 Å². The summed E-state index contributed by atoms with van der Waals surface area (Å²) in [5.74, 6) is 0.550. The van der Waals surface area contributed by atoms with Crippen LogP contribution < -0.4 is 10.1 Å². The van der Waals surface area contributed by atoms with Crippen molar-refractivity contribution in [2.75, 3.05) is 12.4 Å². The van der Waals surface area contributed by atoms with Crippen LogP contribution in [0.5, 0.6) is 5.75 Å². The van der Waals surface area contributed by atoms with Gasteiger partial charge in [-0.15, -0.1) is 0 Å². The van der Waals surface area contributed by atoms with Gasteiger partial charge in [-0.2, -0.15) is 9.61 Å². The second-order valence-corrected chi connectivity index (χ2v) is 6.98. The zero-order chi connectivity index (χ0) is 20.4. The zero-order valence-electron chi connectivity index (χ0n) is 16.9. The molecular weight excluding hydrogens is 356 g/mol. The highest BCUT2D eigenvalue weighted by molar-refractivity contribution is 5.83. The minimum Gasteiger partial charge on any atom is -0.497 e. The maximum atomic E-state index is 11.6. The number of aromatic nitrogens is 3. The highest BCUT2D eigenvalue weighted by atomic mass is 16.5. The summed E-state index contributed by atoms with van der Waals surface area (Å²) in [7, 11) is 1.65. The quantitative estimate of drug-likeness (QED) is 0.642. The molecular formula is C21H26N4O3. The Balaban J connectivity index is 2.16. The van der Waals surface area contributed by atoms with Gasteiger partial charge in [-0.25, -0.2) is 9.78 Å². The zero-order valence-corrected chi connectivity index (χ0v) is 16.9. The molecule has 0 fully saturated rings. The Bertz CT molecular complexity index is 1030. The van der Waals surface area contributed by atoms with E-state index in [1.54, 1.807) is 11.6 Å². The van der Waals surface area contributed by atoms with Gasteiger partial charge in [0.25, 0.3) is 0 Å². The van der Waals surface area contributed by atoms with Gasteiger partial charge in [-0.05, 0) is 50.5 Å². The van der Waals surface area contributed by atoms with E-state index in [9.17, 15) is 9.90 Å². The highest BCUT2D eigenvalue weighted by Crippen LogP contribution is 2.33. The number of ether oxygens (including phenoxy) is 1. The van der Waals surface area contributed by atoms with Crippen molar-refractivity contribution in [2.45, 2.75) is 46.6 Å². The van der Waals surface area contributed by atoms with E-state index in [2.05, 4.69) is 10.4 Å². The monoisotopic (exact) mass is 382 g/mol. The largest absolute Gasteiger partial charge is 0.497 e. The number of aryl methyl sites for hydroxylation is 3. The van der Waals surface area contributed by atoms with Crippen LogP contribution in [0.3, 0.4) is 0 Å². The van der Waals surface area contributed by atoms with Gasteiger partial charge in [0.15, 0.2) is 5.65 Å². The first-order valence-corrected chi connectivity index (χ1v) is 9.37. The van der Waals surface area contributed by atoms with E-state index in [1.165, 1.54) is 0 Å². The molecule has 0 saturated heterocycles. The van der Waals surface area contributed by atoms with Gasteiger partial charge in [-0.1, -0.05) is 19.4 Å². The summed E-state index contributed by atoms with van der Waals surface area (Å²) < 4.78 is 7.01. The molecule has 148 valence electrons. The molecule has 0 spiro atoms. The van der Waals surface area contributed by atoms with Crippen LogP contribution in [0.25, 0.3) is 16.8 Å². The van der Waals surface area contributed by atoms with E-state index >= 15 is 0 Å². The first kappa shape index (κ1) is 19.7. The van der Waals surface area contributed by atoms with Gasteiger partial charge in [-0.3, -0.25) is 0 Å². The summed E-state index contributed by atoms with van der Waals surface area (Å²) in [5.41, 5.74) is 5.35. The molecule has 1 atom stereocenters. The van der Waals surface area contributed by atoms with E-state index in [-0.39, 0.29) is 0 Å². The molecule has 0 aliphatic rings. The smallest absolute Gasteiger partial charge is 0.326 e. The average molecular weight is 382 g/mol. The second kappa shape index (κ2) is 7.88. The number of nitrogens with one attached hydrogen (secondary N) is 1. The number of carboxylic acids is 1. The van der Waals surface area contributed by atoms with Crippen molar-refractivity contribution >= 4 is 17.4 Å². The molecule has 0 aliphatic carbocycles. The Morgan fingerprint density at radius 2 is 2.04 bits per heavy atom. The summed E-state index contributed by atoms with van der Waals surface area (Å²) >= 11 is 0. The third kappa shape index (κ3) is 3.65. The summed E-state index contributed by atoms with van der Waals surface area (Å²) in [6.07, 6.45) is 1.30. The summed E-state index contributed by atoms with van der Waals surface area (Å²) in [6, 6.07) is 7.06. The second-order valence-electron chi connectivity index (χ2n) is 6.98. The van der Waals surface area contributed by atoms with E-state index in [0.717, 1.165) is 40.2 Å². The molecule has 0 aliphatic heterocycles. The number of rotatable bonds is 7. The van der Waals surface area contributed by atoms with Crippen molar-refractivity contribution < 1.29 is 14.6 Å². The molecule has 28 heavy (non-hydrogen) atoms. The van der Waals surface area contributed by atoms with Crippen molar-refractivity contribution in [1.82, 2.24) is 14.6 Å². The maximum absolute atomic E-state index is 11.6. The number of nitrogens with zero attached hydrogens (tertiary/aromatic N) is 3. The molecule has 3 rings (SSSR count). The van der Waals surface area contributed by atoms with Gasteiger partial charge in [0.05, 0.1) is 12.8 Å². The minimum atomic E-state index is -0.875. The van der Waals surface area contributed by atoms with Gasteiger partial charge in [0, 0.05) is 17.3 Å². The third-order valence-corrected chi connectivity index (χ3v) is 4.79. The number of fused-ring (bicyclic) bond motifs is 1. The summed E-state index contributed by atoms with van der Waals surface area (Å²) in [6.45, 7) is 7.83. The number of methoxy groups -OCH3 is 1. The predicted molar refractivity (Wildman–Crippen MR) is 109 cm³/mol. The lowest BCUT2D eigenvalue weighted by Crippen LogP contribution is -2.30. The van der Waals surface area contributed by atoms with Crippen molar-refractivity contribution in [2.24, 2.45) is 0 Å². The lowest BCUT2D eigenvalue weighted by Gasteiger charge is -2.16. The fourth-order valence-electron chi connectivity index (χ4n) is 3.43. The SMILES string of the molecule is CCC[C@H](Nc1cc(C)nc2c(-c3ccc(OC)cc3C)c(C)nn12)C(=O)O. The van der Waals surface area contributed by atoms with Crippen molar-refractivity contribution in [3.05, 3.63) is 41.2 Å². The van der Waals surface area contributed by atoms with E-state index in [0.29, 0.717) is 17.9 Å². The van der Waals surface area contributed by atoms with Crippen LogP contribution in [-0.4, -0.2) is 38.8 Å². The Morgan fingerprint density at radius 1 is 1.29 bits per heavy atom. The van der Waals surface area contributed by atoms with Gasteiger partial charge < -0.3 is 15.2 Å². The molecule has 3 aromatic rings. The molecule has 0 saturated carbocycles. The summed E-state index contributed by atoms with van der Waals surface area (Å²) in [4.78, 5) is 16.3. The normalized spacial score (nSPS) is 12.2. The Hall–Kier alpha value is -3.09. The van der Waals surface area contributed by atoms with E-state index < -0.39 is 12.0 Å². The topological polar surface area (TPSA) is 88.8 Å². The molecule has 7 nitrogen and oxygen atoms in total. The molecule has 0 amide bonds. The van der Waals surface area contributed by atoms with Crippen molar-refractivity contribution in [3.63, 3.8) is 0 Å². The maximum Gasteiger partial charge on any atom is 0.326 e. The molecule has 1 aromatic carbocycles. The minimum absolute atomic E-state index is 0.531. The van der Waals surface area contributed by atoms with Crippen LogP contribution in [0.1, 0.15) is 36.7 Å². The fraction of sp³-hybridized carbons (Fsp3) is 0.381. The van der Waals surface area contributed by atoms with Crippen LogP contribution in [0.15, 0.2) is 24.3 Å². The van der Waals surface area contributed by atoms with Crippen LogP contribution >= 0.6 is 0 Å². The number of hydrogen-bond acceptors (Lipinski definition) is 5. The fourth-order valence-corrected chi connectivity index (χ4v) is 3.43. The van der Waals surface area contributed by atoms with Crippen molar-refractivity contribution in [1.29, 1.82) is 0 Å². The van der Waals surface area contributed by atoms with Gasteiger partial charge in [0.2, 0.25) is 0 Å². The predicted octanol–water partition coefficient (Wildman–Crippen LogP) is 4.00. The van der Waals surface area contributed by atoms with E-state index in [4.69, 9.17) is 9.72 Å². The number of carbonyl (C=O) groups is 1. The number of benzene rings is 1. The standard InChI is InChI=1S/C21H26N4O3/c1-6-7-17(21(26)27)23-18-11-13(3)22-20-19(14(4)24-25(18)20)16-9-8-15(28-5)10-12(16)2/h8-11,17,23H,6-7H2,1-5H3,(H,26,27)/t17-/m0/s1. The number of aliphatic carboxylic acids is 1. The number of anilines is 1. The molecule has 0 unspecified atom stereocenters. The molecule has 2 heterocycles. The van der Waals surface area contributed by atoms with Crippen LogP contribution in [-0.2, 0) is 4.79 Å². The Morgan fingerprint density at radius 3 is 2.64 bits per heavy atom. The van der Waals surface area contributed by atoms with E-state index in [1.807, 2.05) is 52.0 Å².